The molecule has 0 amide bonds. The molecule has 0 radical (unpaired) electrons. The molecule has 0 aliphatic carbocycles. The lowest BCUT2D eigenvalue weighted by atomic mass is 10.0. The average molecular weight is 413 g/mol. The molecule has 0 saturated heterocycles. The summed E-state index contributed by atoms with van der Waals surface area (Å²) in [5.74, 6) is -0.447. The summed E-state index contributed by atoms with van der Waals surface area (Å²) in [5, 5.41) is 0. The number of unbranched alkanes of at least 4 members (excludes halogenated alkanes) is 6. The van der Waals surface area contributed by atoms with Gasteiger partial charge in [0, 0.05) is 6.61 Å². The maximum atomic E-state index is 11.8. The van der Waals surface area contributed by atoms with Crippen LogP contribution in [0.4, 0.5) is 0 Å². The Morgan fingerprint density at radius 2 is 1.40 bits per heavy atom. The molecule has 0 aromatic heterocycles. The number of ether oxygens (including phenoxy) is 1. The smallest absolute Gasteiger partial charge is 0.373 e. The lowest BCUT2D eigenvalue weighted by Gasteiger charge is -2.18. The summed E-state index contributed by atoms with van der Waals surface area (Å²) in [6, 6.07) is 19.4. The van der Waals surface area contributed by atoms with Crippen molar-refractivity contribution in [3.8, 4) is 0 Å². The van der Waals surface area contributed by atoms with Gasteiger partial charge in [-0.15, -0.1) is 0 Å². The van der Waals surface area contributed by atoms with Crippen LogP contribution in [0.3, 0.4) is 0 Å². The van der Waals surface area contributed by atoms with Gasteiger partial charge >= 0.3 is 5.97 Å². The van der Waals surface area contributed by atoms with Crippen molar-refractivity contribution in [2.45, 2.75) is 70.8 Å². The summed E-state index contributed by atoms with van der Waals surface area (Å²) in [5.41, 5.74) is 1.77. The molecule has 4 nitrogen and oxygen atoms in total. The van der Waals surface area contributed by atoms with E-state index in [-0.39, 0.29) is 6.10 Å². The summed E-state index contributed by atoms with van der Waals surface area (Å²) < 4.78 is 6.21. The second-order valence-corrected chi connectivity index (χ2v) is 7.59. The van der Waals surface area contributed by atoms with E-state index in [0.717, 1.165) is 45.1 Å². The van der Waals surface area contributed by atoms with E-state index in [0.29, 0.717) is 12.2 Å². The Labute approximate surface area is 181 Å². The number of hydrogen-bond donors (Lipinski definition) is 0. The number of carbonyl (C=O) groups is 1. The molecule has 0 spiro atoms. The zero-order chi connectivity index (χ0) is 21.3. The van der Waals surface area contributed by atoms with Gasteiger partial charge in [-0.2, -0.15) is 4.89 Å². The predicted octanol–water partition coefficient (Wildman–Crippen LogP) is 7.06. The monoisotopic (exact) mass is 412 g/mol. The highest BCUT2D eigenvalue weighted by molar-refractivity contribution is 5.88. The maximum Gasteiger partial charge on any atom is 0.373 e. The van der Waals surface area contributed by atoms with Crippen LogP contribution in [0.5, 0.6) is 0 Å². The summed E-state index contributed by atoms with van der Waals surface area (Å²) >= 11 is 0. The zero-order valence-corrected chi connectivity index (χ0v) is 18.3. The van der Waals surface area contributed by atoms with Crippen molar-refractivity contribution in [2.24, 2.45) is 0 Å². The van der Waals surface area contributed by atoms with E-state index in [2.05, 4.69) is 31.2 Å². The first kappa shape index (κ1) is 24.1. The van der Waals surface area contributed by atoms with Crippen LogP contribution in [0.15, 0.2) is 60.7 Å². The first-order chi connectivity index (χ1) is 14.8. The SMILES string of the molecule is CCCCCCOC(CCCCCCOOC(=O)c1ccccc1)c1ccccc1. The Morgan fingerprint density at radius 1 is 0.767 bits per heavy atom. The third-order valence-corrected chi connectivity index (χ3v) is 5.08. The van der Waals surface area contributed by atoms with E-state index in [4.69, 9.17) is 14.5 Å². The van der Waals surface area contributed by atoms with Crippen molar-refractivity contribution < 1.29 is 19.3 Å². The quantitative estimate of drug-likeness (QED) is 0.168. The molecule has 2 aromatic carbocycles. The normalized spacial score (nSPS) is 11.9. The fraction of sp³-hybridized carbons (Fsp3) is 0.500. The molecule has 0 saturated carbocycles. The number of benzene rings is 2. The van der Waals surface area contributed by atoms with Crippen molar-refractivity contribution in [2.75, 3.05) is 13.2 Å². The highest BCUT2D eigenvalue weighted by Gasteiger charge is 2.11. The fourth-order valence-corrected chi connectivity index (χ4v) is 3.33. The van der Waals surface area contributed by atoms with Crippen LogP contribution >= 0.6 is 0 Å². The standard InChI is InChI=1S/C26H36O4/c1-2-3-4-14-21-28-25(23-16-9-7-10-17-23)20-13-5-6-15-22-29-30-26(27)24-18-11-8-12-19-24/h7-12,16-19,25H,2-6,13-15,20-22H2,1H3. The van der Waals surface area contributed by atoms with E-state index in [9.17, 15) is 4.79 Å². The van der Waals surface area contributed by atoms with E-state index in [1.807, 2.05) is 12.1 Å². The van der Waals surface area contributed by atoms with Gasteiger partial charge < -0.3 is 4.74 Å². The number of carbonyl (C=O) groups excluding carboxylic acids is 1. The van der Waals surface area contributed by atoms with Gasteiger partial charge in [-0.25, -0.2) is 4.79 Å². The van der Waals surface area contributed by atoms with Gasteiger partial charge in [0.2, 0.25) is 0 Å². The Bertz CT molecular complexity index is 672. The molecule has 0 bridgehead atoms. The molecular formula is C26H36O4. The molecule has 0 heterocycles. The van der Waals surface area contributed by atoms with Crippen molar-refractivity contribution >= 4 is 5.97 Å². The van der Waals surface area contributed by atoms with Gasteiger partial charge in [0.05, 0.1) is 18.3 Å². The molecule has 164 valence electrons. The van der Waals surface area contributed by atoms with E-state index >= 15 is 0 Å². The molecule has 1 atom stereocenters. The number of hydrogen-bond acceptors (Lipinski definition) is 4. The Kier molecular flexibility index (Phi) is 12.6. The molecule has 2 aromatic rings. The van der Waals surface area contributed by atoms with Gasteiger partial charge in [0.1, 0.15) is 0 Å². The largest absolute Gasteiger partial charge is 0.374 e. The summed E-state index contributed by atoms with van der Waals surface area (Å²) in [6.45, 7) is 3.49. The molecular weight excluding hydrogens is 376 g/mol. The van der Waals surface area contributed by atoms with Crippen LogP contribution in [-0.2, 0) is 14.5 Å². The van der Waals surface area contributed by atoms with Crippen molar-refractivity contribution in [1.29, 1.82) is 0 Å². The molecule has 4 heteroatoms. The maximum absolute atomic E-state index is 11.8. The van der Waals surface area contributed by atoms with E-state index in [1.165, 1.54) is 24.8 Å². The minimum absolute atomic E-state index is 0.177. The van der Waals surface area contributed by atoms with Gasteiger partial charge in [0.25, 0.3) is 0 Å². The Hall–Kier alpha value is -2.17. The molecule has 0 N–H and O–H groups in total. The third-order valence-electron chi connectivity index (χ3n) is 5.08. The first-order valence-corrected chi connectivity index (χ1v) is 11.4. The van der Waals surface area contributed by atoms with E-state index in [1.54, 1.807) is 24.3 Å². The minimum atomic E-state index is -0.447. The van der Waals surface area contributed by atoms with Crippen molar-refractivity contribution in [3.63, 3.8) is 0 Å². The van der Waals surface area contributed by atoms with Crippen LogP contribution in [0, 0.1) is 0 Å². The molecule has 30 heavy (non-hydrogen) atoms. The van der Waals surface area contributed by atoms with Crippen LogP contribution in [0.25, 0.3) is 0 Å². The van der Waals surface area contributed by atoms with E-state index < -0.39 is 5.97 Å². The third kappa shape index (κ3) is 10.0. The highest BCUT2D eigenvalue weighted by Crippen LogP contribution is 2.24. The lowest BCUT2D eigenvalue weighted by Crippen LogP contribution is -2.07. The first-order valence-electron chi connectivity index (χ1n) is 11.4. The summed E-state index contributed by atoms with van der Waals surface area (Å²) in [6.07, 6.45) is 10.2. The summed E-state index contributed by atoms with van der Waals surface area (Å²) in [7, 11) is 0. The van der Waals surface area contributed by atoms with Crippen LogP contribution < -0.4 is 0 Å². The fourth-order valence-electron chi connectivity index (χ4n) is 3.33. The van der Waals surface area contributed by atoms with Crippen LogP contribution in [-0.4, -0.2) is 19.2 Å². The second-order valence-electron chi connectivity index (χ2n) is 7.59. The van der Waals surface area contributed by atoms with Crippen LogP contribution in [0.1, 0.15) is 86.7 Å². The minimum Gasteiger partial charge on any atom is -0.374 e. The number of rotatable bonds is 16. The highest BCUT2D eigenvalue weighted by atomic mass is 17.2. The molecule has 1 unspecified atom stereocenters. The predicted molar refractivity (Wildman–Crippen MR) is 120 cm³/mol. The topological polar surface area (TPSA) is 44.8 Å². The average Bonchev–Trinajstić information content (AvgIpc) is 2.80. The Balaban J connectivity index is 1.57. The summed E-state index contributed by atoms with van der Waals surface area (Å²) in [4.78, 5) is 21.7. The van der Waals surface area contributed by atoms with Gasteiger partial charge in [-0.05, 0) is 37.0 Å². The molecule has 0 aliphatic rings. The van der Waals surface area contributed by atoms with Gasteiger partial charge in [-0.3, -0.25) is 4.89 Å². The molecule has 0 aliphatic heterocycles. The molecule has 2 rings (SSSR count). The van der Waals surface area contributed by atoms with Crippen LogP contribution in [0.2, 0.25) is 0 Å². The lowest BCUT2D eigenvalue weighted by molar-refractivity contribution is -0.241. The van der Waals surface area contributed by atoms with Gasteiger partial charge in [-0.1, -0.05) is 94.0 Å². The van der Waals surface area contributed by atoms with Crippen molar-refractivity contribution in [1.82, 2.24) is 0 Å². The molecule has 0 fully saturated rings. The zero-order valence-electron chi connectivity index (χ0n) is 18.3. The Morgan fingerprint density at radius 3 is 2.13 bits per heavy atom. The van der Waals surface area contributed by atoms with Gasteiger partial charge in [0.15, 0.2) is 0 Å². The second kappa shape index (κ2) is 15.6. The van der Waals surface area contributed by atoms with Crippen molar-refractivity contribution in [3.05, 3.63) is 71.8 Å².